The molecular formula is C21H32N2O8P2. The lowest BCUT2D eigenvalue weighted by Crippen LogP contribution is -2.33. The number of hydrogen-bond acceptors (Lipinski definition) is 8. The molecule has 33 heavy (non-hydrogen) atoms. The van der Waals surface area contributed by atoms with Crippen molar-refractivity contribution in [3.63, 3.8) is 0 Å². The van der Waals surface area contributed by atoms with E-state index in [0.717, 1.165) is 25.7 Å². The molecule has 0 radical (unpaired) electrons. The van der Waals surface area contributed by atoms with E-state index in [1.165, 1.54) is 10.8 Å². The van der Waals surface area contributed by atoms with Gasteiger partial charge in [0, 0.05) is 23.8 Å². The van der Waals surface area contributed by atoms with Crippen molar-refractivity contribution in [1.29, 1.82) is 0 Å². The molecule has 0 amide bonds. The van der Waals surface area contributed by atoms with Crippen LogP contribution in [0, 0.1) is 24.8 Å². The Kier molecular flexibility index (Phi) is 12.2. The number of aromatic nitrogens is 2. The fourth-order valence-corrected chi connectivity index (χ4v) is 4.66. The first-order valence-electron chi connectivity index (χ1n) is 10.9. The lowest BCUT2D eigenvalue weighted by Gasteiger charge is -2.21. The fraction of sp³-hybridized carbons (Fsp3) is 0.667. The molecule has 5 atom stereocenters. The molecule has 1 aromatic heterocycles. The van der Waals surface area contributed by atoms with Gasteiger partial charge in [-0.15, -0.1) is 0 Å². The van der Waals surface area contributed by atoms with Gasteiger partial charge in [-0.25, -0.2) is 4.79 Å². The molecule has 12 heteroatoms. The van der Waals surface area contributed by atoms with Crippen LogP contribution in [-0.4, -0.2) is 46.7 Å². The van der Waals surface area contributed by atoms with E-state index in [0.29, 0.717) is 18.8 Å². The Morgan fingerprint density at radius 1 is 1.24 bits per heavy atom. The second kappa shape index (κ2) is 14.6. The maximum absolute atomic E-state index is 12.3. The molecule has 1 aliphatic heterocycles. The second-order valence-corrected chi connectivity index (χ2v) is 9.72. The molecule has 1 saturated heterocycles. The van der Waals surface area contributed by atoms with E-state index in [-0.39, 0.29) is 13.0 Å². The Balaban J connectivity index is 2.14. The molecule has 2 N–H and O–H groups in total. The van der Waals surface area contributed by atoms with Gasteiger partial charge in [-0.3, -0.25) is 14.3 Å². The number of ether oxygens (including phenoxy) is 1. The molecule has 1 fully saturated rings. The van der Waals surface area contributed by atoms with Crippen molar-refractivity contribution < 1.29 is 27.9 Å². The van der Waals surface area contributed by atoms with Crippen molar-refractivity contribution in [2.75, 3.05) is 19.8 Å². The minimum Gasteiger partial charge on any atom is -0.462 e. The number of hydrogen-bond donors (Lipinski definition) is 2. The average Bonchev–Trinajstić information content (AvgIpc) is 3.17. The molecule has 1 aromatic rings. The molecule has 2 rings (SSSR count). The van der Waals surface area contributed by atoms with E-state index >= 15 is 0 Å². The highest BCUT2D eigenvalue weighted by Gasteiger charge is 2.40. The van der Waals surface area contributed by atoms with E-state index in [1.54, 1.807) is 6.92 Å². The number of nitrogens with one attached hydrogen (secondary N) is 1. The van der Waals surface area contributed by atoms with Crippen molar-refractivity contribution in [2.24, 2.45) is 0 Å². The molecule has 0 aliphatic carbocycles. The van der Waals surface area contributed by atoms with Crippen molar-refractivity contribution in [3.05, 3.63) is 32.6 Å². The highest BCUT2D eigenvalue weighted by Crippen LogP contribution is 2.44. The van der Waals surface area contributed by atoms with Crippen LogP contribution >= 0.6 is 16.2 Å². The van der Waals surface area contributed by atoms with Gasteiger partial charge in [0.15, 0.2) is 7.83 Å². The number of aliphatic hydroxyl groups excluding tert-OH is 1. The summed E-state index contributed by atoms with van der Waals surface area (Å²) in [5, 5.41) is 9.06. The summed E-state index contributed by atoms with van der Waals surface area (Å²) in [7, 11) is -3.30. The van der Waals surface area contributed by atoms with Gasteiger partial charge in [-0.2, -0.15) is 0 Å². The number of rotatable bonds is 12. The molecule has 0 saturated carbocycles. The smallest absolute Gasteiger partial charge is 0.330 e. The van der Waals surface area contributed by atoms with Crippen molar-refractivity contribution in [2.45, 2.75) is 71.3 Å². The number of aryl methyl sites for hydroxylation is 1. The topological polar surface area (TPSA) is 121 Å². The van der Waals surface area contributed by atoms with E-state index in [2.05, 4.69) is 10.6 Å². The highest BCUT2D eigenvalue weighted by molar-refractivity contribution is 7.52. The van der Waals surface area contributed by atoms with Crippen LogP contribution in [0.25, 0.3) is 0 Å². The van der Waals surface area contributed by atoms with E-state index in [1.807, 2.05) is 20.0 Å². The summed E-state index contributed by atoms with van der Waals surface area (Å²) < 4.78 is 30.2. The number of nitrogens with zero attached hydrogens (tertiary/aromatic N) is 1. The Morgan fingerprint density at radius 3 is 2.61 bits per heavy atom. The third-order valence-electron chi connectivity index (χ3n) is 4.80. The lowest BCUT2D eigenvalue weighted by molar-refractivity contribution is -0.0368. The van der Waals surface area contributed by atoms with Gasteiger partial charge in [-0.1, -0.05) is 32.8 Å². The Bertz CT molecular complexity index is 990. The van der Waals surface area contributed by atoms with Crippen LogP contribution in [0.4, 0.5) is 0 Å². The average molecular weight is 502 g/mol. The van der Waals surface area contributed by atoms with Crippen LogP contribution in [0.15, 0.2) is 15.8 Å². The van der Waals surface area contributed by atoms with Gasteiger partial charge in [-0.05, 0) is 19.8 Å². The van der Waals surface area contributed by atoms with Gasteiger partial charge in [0.05, 0.1) is 25.9 Å². The van der Waals surface area contributed by atoms with Crippen molar-refractivity contribution in [1.82, 2.24) is 9.55 Å². The fourth-order valence-electron chi connectivity index (χ4n) is 2.96. The summed E-state index contributed by atoms with van der Waals surface area (Å²) in [4.78, 5) is 26.4. The molecule has 1 aliphatic rings. The summed E-state index contributed by atoms with van der Waals surface area (Å²) in [6.45, 7) is 6.69. The van der Waals surface area contributed by atoms with Gasteiger partial charge in [0.1, 0.15) is 18.4 Å². The Labute approximate surface area is 195 Å². The zero-order valence-electron chi connectivity index (χ0n) is 19.2. The first-order valence-corrected chi connectivity index (χ1v) is 13.3. The van der Waals surface area contributed by atoms with E-state index < -0.39 is 45.9 Å². The SMILES string of the molecule is C#P(OCCCC)OC[C@H]1OC(n2cc(C)c(=O)[nH]c2=O)C[C@@H]1OP(C#CO)OCCCC. The quantitative estimate of drug-likeness (QED) is 0.252. The molecule has 2 heterocycles. The summed E-state index contributed by atoms with van der Waals surface area (Å²) in [5.41, 5.74) is 1.88. The van der Waals surface area contributed by atoms with Crippen molar-refractivity contribution in [3.8, 4) is 17.9 Å². The van der Waals surface area contributed by atoms with Crippen LogP contribution in [0.3, 0.4) is 0 Å². The Morgan fingerprint density at radius 2 is 1.94 bits per heavy atom. The molecular weight excluding hydrogens is 470 g/mol. The third kappa shape index (κ3) is 8.90. The monoisotopic (exact) mass is 502 g/mol. The highest BCUT2D eigenvalue weighted by atomic mass is 31.2. The predicted molar refractivity (Wildman–Crippen MR) is 126 cm³/mol. The third-order valence-corrected chi connectivity index (χ3v) is 6.80. The standard InChI is InChI=1S/C21H32N2O8P2/c1-5-7-10-27-32(4)29-15-18-17(31-33(12-9-24)28-11-8-6-2)13-19(30-18)23-14-16(3)20(25)22-21(23)26/h4,14,17-19,24H,5-8,10-11,13,15H2,1-3H3,(H,22,25,26)/t17-,18+,19?,33?/m0/s1. The van der Waals surface area contributed by atoms with Crippen LogP contribution in [-0.2, 0) is 22.8 Å². The number of aromatic amines is 1. The predicted octanol–water partition coefficient (Wildman–Crippen LogP) is 3.67. The van der Waals surface area contributed by atoms with Gasteiger partial charge in [0.2, 0.25) is 0 Å². The first kappa shape index (κ1) is 27.6. The first-order chi connectivity index (χ1) is 15.9. The minimum atomic E-state index is -1.70. The summed E-state index contributed by atoms with van der Waals surface area (Å²) in [5.74, 6) is 0. The van der Waals surface area contributed by atoms with Crippen LogP contribution in [0.1, 0.15) is 57.7 Å². The zero-order chi connectivity index (χ0) is 24.2. The second-order valence-electron chi connectivity index (χ2n) is 7.42. The van der Waals surface area contributed by atoms with Gasteiger partial charge >= 0.3 is 5.69 Å². The van der Waals surface area contributed by atoms with Gasteiger partial charge in [0.25, 0.3) is 13.9 Å². The number of unbranched alkanes of at least 4 members (excludes halogenated alkanes) is 2. The summed E-state index contributed by atoms with van der Waals surface area (Å²) in [6.07, 6.45) is 11.3. The summed E-state index contributed by atoms with van der Waals surface area (Å²) >= 11 is 0. The zero-order valence-corrected chi connectivity index (χ0v) is 21.0. The van der Waals surface area contributed by atoms with Crippen LogP contribution in [0.2, 0.25) is 0 Å². The molecule has 184 valence electrons. The molecule has 10 nitrogen and oxygen atoms in total. The number of H-pyrrole nitrogens is 1. The van der Waals surface area contributed by atoms with Crippen molar-refractivity contribution >= 4 is 16.2 Å². The Hall–Kier alpha value is -1.65. The van der Waals surface area contributed by atoms with Crippen LogP contribution in [0.5, 0.6) is 0 Å². The largest absolute Gasteiger partial charge is 0.462 e. The maximum Gasteiger partial charge on any atom is 0.330 e. The van der Waals surface area contributed by atoms with Gasteiger partial charge < -0.3 is 27.9 Å². The molecule has 3 unspecified atom stereocenters. The molecule has 0 bridgehead atoms. The van der Waals surface area contributed by atoms with E-state index in [9.17, 15) is 9.59 Å². The summed E-state index contributed by atoms with van der Waals surface area (Å²) in [6, 6.07) is 0. The number of aliphatic hydroxyl groups is 1. The lowest BCUT2D eigenvalue weighted by atomic mass is 10.2. The molecule has 0 aromatic carbocycles. The van der Waals surface area contributed by atoms with Crippen LogP contribution < -0.4 is 11.2 Å². The maximum atomic E-state index is 12.3. The minimum absolute atomic E-state index is 0.0667. The normalized spacial score (nSPS) is 21.4. The molecule has 0 spiro atoms. The van der Waals surface area contributed by atoms with E-state index in [4.69, 9.17) is 34.1 Å².